The lowest BCUT2D eigenvalue weighted by Gasteiger charge is -2.31. The van der Waals surface area contributed by atoms with Crippen molar-refractivity contribution in [1.82, 2.24) is 10.2 Å². The van der Waals surface area contributed by atoms with E-state index in [4.69, 9.17) is 11.6 Å². The molecule has 2 aromatic carbocycles. The van der Waals surface area contributed by atoms with Gasteiger partial charge in [0.2, 0.25) is 21.8 Å². The summed E-state index contributed by atoms with van der Waals surface area (Å²) in [6.07, 6.45) is -4.01. The van der Waals surface area contributed by atoms with Crippen molar-refractivity contribution >= 4 is 55.1 Å². The van der Waals surface area contributed by atoms with Gasteiger partial charge in [0.1, 0.15) is 12.6 Å². The number of benzene rings is 2. The smallest absolute Gasteiger partial charge is 0.357 e. The van der Waals surface area contributed by atoms with Crippen molar-refractivity contribution in [3.05, 3.63) is 63.1 Å². The zero-order valence-corrected chi connectivity index (χ0v) is 21.5. The molecule has 0 fully saturated rings. The Balaban J connectivity index is 2.50. The Kier molecular flexibility index (Phi) is 9.00. The molecule has 186 valence electrons. The van der Waals surface area contributed by atoms with Crippen LogP contribution in [0.15, 0.2) is 46.9 Å². The maximum atomic E-state index is 13.3. The number of sulfonamides is 1. The number of rotatable bonds is 8. The van der Waals surface area contributed by atoms with E-state index in [-0.39, 0.29) is 11.6 Å². The number of amides is 2. The van der Waals surface area contributed by atoms with E-state index in [9.17, 15) is 31.2 Å². The fraction of sp³-hybridized carbons (Fsp3) is 0.333. The lowest BCUT2D eigenvalue weighted by molar-refractivity contribution is -0.139. The second kappa shape index (κ2) is 11.0. The molecule has 2 rings (SSSR count). The molecule has 0 radical (unpaired) electrons. The SMILES string of the molecule is CNC(=O)[C@H](C)N(Cc1cccc(Br)c1)C(=O)CN(c1cc(C(F)(F)F)ccc1Cl)S(C)(=O)=O. The number of anilines is 1. The van der Waals surface area contributed by atoms with Crippen LogP contribution in [-0.4, -0.2) is 51.0 Å². The van der Waals surface area contributed by atoms with Crippen molar-refractivity contribution in [3.63, 3.8) is 0 Å². The summed E-state index contributed by atoms with van der Waals surface area (Å²) in [5, 5.41) is 2.14. The summed E-state index contributed by atoms with van der Waals surface area (Å²) in [5.74, 6) is -1.32. The van der Waals surface area contributed by atoms with Crippen LogP contribution in [0, 0.1) is 0 Å². The van der Waals surface area contributed by atoms with Crippen molar-refractivity contribution in [2.75, 3.05) is 24.2 Å². The van der Waals surface area contributed by atoms with E-state index in [1.165, 1.54) is 14.0 Å². The third-order valence-electron chi connectivity index (χ3n) is 4.88. The summed E-state index contributed by atoms with van der Waals surface area (Å²) in [7, 11) is -2.86. The molecule has 0 spiro atoms. The van der Waals surface area contributed by atoms with Gasteiger partial charge in [-0.2, -0.15) is 13.2 Å². The number of alkyl halides is 3. The number of likely N-dealkylation sites (N-methyl/N-ethyl adjacent to an activating group) is 1. The monoisotopic (exact) mass is 583 g/mol. The Morgan fingerprint density at radius 2 is 1.82 bits per heavy atom. The lowest BCUT2D eigenvalue weighted by atomic mass is 10.1. The first-order valence-corrected chi connectivity index (χ1v) is 12.8. The number of carbonyl (C=O) groups excluding carboxylic acids is 2. The zero-order valence-electron chi connectivity index (χ0n) is 18.4. The minimum absolute atomic E-state index is 0.0548. The van der Waals surface area contributed by atoms with Gasteiger partial charge >= 0.3 is 6.18 Å². The fourth-order valence-corrected chi connectivity index (χ4v) is 4.67. The van der Waals surface area contributed by atoms with Crippen LogP contribution in [0.25, 0.3) is 0 Å². The minimum atomic E-state index is -4.76. The first-order chi connectivity index (χ1) is 15.6. The van der Waals surface area contributed by atoms with Crippen molar-refractivity contribution in [3.8, 4) is 0 Å². The van der Waals surface area contributed by atoms with E-state index < -0.39 is 51.9 Å². The largest absolute Gasteiger partial charge is 0.416 e. The highest BCUT2D eigenvalue weighted by Crippen LogP contribution is 2.36. The van der Waals surface area contributed by atoms with Crippen LogP contribution in [-0.2, 0) is 32.3 Å². The second-order valence-electron chi connectivity index (χ2n) is 7.38. The fourth-order valence-electron chi connectivity index (χ4n) is 3.10. The highest BCUT2D eigenvalue weighted by Gasteiger charge is 2.34. The molecular weight excluding hydrogens is 563 g/mol. The molecule has 0 bridgehead atoms. The first-order valence-electron chi connectivity index (χ1n) is 9.75. The highest BCUT2D eigenvalue weighted by molar-refractivity contribution is 9.10. The molecule has 0 heterocycles. The average Bonchev–Trinajstić information content (AvgIpc) is 2.73. The van der Waals surface area contributed by atoms with Gasteiger partial charge in [-0.3, -0.25) is 13.9 Å². The molecule has 0 aliphatic rings. The van der Waals surface area contributed by atoms with Gasteiger partial charge in [-0.1, -0.05) is 39.7 Å². The van der Waals surface area contributed by atoms with E-state index in [0.717, 1.165) is 21.7 Å². The summed E-state index contributed by atoms with van der Waals surface area (Å²) in [6, 6.07) is 8.09. The number of hydrogen-bond donors (Lipinski definition) is 1. The van der Waals surface area contributed by atoms with E-state index in [1.807, 2.05) is 0 Å². The maximum Gasteiger partial charge on any atom is 0.416 e. The van der Waals surface area contributed by atoms with Crippen LogP contribution in [0.2, 0.25) is 5.02 Å². The van der Waals surface area contributed by atoms with Crippen molar-refractivity contribution in [2.45, 2.75) is 25.7 Å². The second-order valence-corrected chi connectivity index (χ2v) is 10.6. The molecule has 0 unspecified atom stereocenters. The third-order valence-corrected chi connectivity index (χ3v) is 6.82. The molecule has 1 atom stereocenters. The van der Waals surface area contributed by atoms with Crippen LogP contribution in [0.3, 0.4) is 0 Å². The molecule has 0 aliphatic heterocycles. The van der Waals surface area contributed by atoms with Gasteiger partial charge in [0.15, 0.2) is 0 Å². The zero-order chi connectivity index (χ0) is 25.8. The average molecular weight is 585 g/mol. The van der Waals surface area contributed by atoms with Gasteiger partial charge in [0.25, 0.3) is 0 Å². The Hall–Kier alpha value is -2.31. The van der Waals surface area contributed by atoms with Gasteiger partial charge in [-0.15, -0.1) is 0 Å². The summed E-state index contributed by atoms with van der Waals surface area (Å²) in [4.78, 5) is 26.7. The summed E-state index contributed by atoms with van der Waals surface area (Å²) >= 11 is 9.34. The van der Waals surface area contributed by atoms with E-state index >= 15 is 0 Å². The molecule has 34 heavy (non-hydrogen) atoms. The van der Waals surface area contributed by atoms with Crippen molar-refractivity contribution < 1.29 is 31.2 Å². The Labute approximate surface area is 209 Å². The number of halogens is 5. The third kappa shape index (κ3) is 7.09. The van der Waals surface area contributed by atoms with E-state index in [0.29, 0.717) is 22.0 Å². The van der Waals surface area contributed by atoms with Gasteiger partial charge in [0.05, 0.1) is 22.5 Å². The van der Waals surface area contributed by atoms with Crippen LogP contribution < -0.4 is 9.62 Å². The van der Waals surface area contributed by atoms with Crippen molar-refractivity contribution in [2.24, 2.45) is 0 Å². The minimum Gasteiger partial charge on any atom is -0.357 e. The number of nitrogens with zero attached hydrogens (tertiary/aromatic N) is 2. The molecule has 7 nitrogen and oxygen atoms in total. The molecule has 0 aromatic heterocycles. The molecule has 0 aliphatic carbocycles. The van der Waals surface area contributed by atoms with Crippen molar-refractivity contribution in [1.29, 1.82) is 0 Å². The Morgan fingerprint density at radius 1 is 1.18 bits per heavy atom. The molecule has 2 amide bonds. The van der Waals surface area contributed by atoms with Crippen LogP contribution in [0.1, 0.15) is 18.1 Å². The molecule has 0 saturated heterocycles. The quantitative estimate of drug-likeness (QED) is 0.507. The molecular formula is C21H22BrClF3N3O4S. The topological polar surface area (TPSA) is 86.8 Å². The van der Waals surface area contributed by atoms with Crippen LogP contribution in [0.4, 0.5) is 18.9 Å². The number of nitrogens with one attached hydrogen (secondary N) is 1. The van der Waals surface area contributed by atoms with Gasteiger partial charge < -0.3 is 10.2 Å². The predicted molar refractivity (Wildman–Crippen MR) is 127 cm³/mol. The van der Waals surface area contributed by atoms with Gasteiger partial charge in [-0.25, -0.2) is 8.42 Å². The van der Waals surface area contributed by atoms with Crippen LogP contribution >= 0.6 is 27.5 Å². The maximum absolute atomic E-state index is 13.3. The summed E-state index contributed by atoms with van der Waals surface area (Å²) < 4.78 is 65.9. The lowest BCUT2D eigenvalue weighted by Crippen LogP contribution is -2.50. The Bertz CT molecular complexity index is 1180. The molecule has 1 N–H and O–H groups in total. The predicted octanol–water partition coefficient (Wildman–Crippen LogP) is 4.05. The summed E-state index contributed by atoms with van der Waals surface area (Å²) in [6.45, 7) is 0.534. The molecule has 2 aromatic rings. The van der Waals surface area contributed by atoms with E-state index in [2.05, 4.69) is 21.2 Å². The highest BCUT2D eigenvalue weighted by atomic mass is 79.9. The van der Waals surface area contributed by atoms with Gasteiger partial charge in [0, 0.05) is 18.1 Å². The summed E-state index contributed by atoms with van der Waals surface area (Å²) in [5.41, 5.74) is -0.985. The van der Waals surface area contributed by atoms with Gasteiger partial charge in [-0.05, 0) is 42.8 Å². The van der Waals surface area contributed by atoms with Crippen LogP contribution in [0.5, 0.6) is 0 Å². The first kappa shape index (κ1) is 27.9. The van der Waals surface area contributed by atoms with E-state index in [1.54, 1.807) is 24.3 Å². The number of carbonyl (C=O) groups is 2. The standard InChI is InChI=1S/C21H22BrClF3N3O4S/c1-13(20(31)27-2)28(11-14-5-4-6-16(22)9-14)19(30)12-29(34(3,32)33)18-10-15(21(24,25)26)7-8-17(18)23/h4-10,13H,11-12H2,1-3H3,(H,27,31)/t13-/m0/s1. The normalized spacial score (nSPS) is 12.7. The molecule has 0 saturated carbocycles. The Morgan fingerprint density at radius 3 is 2.35 bits per heavy atom. The number of hydrogen-bond acceptors (Lipinski definition) is 4. The molecule has 13 heteroatoms.